The van der Waals surface area contributed by atoms with Gasteiger partial charge in [0.05, 0.1) is 15.2 Å². The van der Waals surface area contributed by atoms with E-state index in [0.29, 0.717) is 16.7 Å². The molecule has 2 N–H and O–H groups in total. The highest BCUT2D eigenvalue weighted by Crippen LogP contribution is 2.31. The minimum Gasteiger partial charge on any atom is -0.355 e. The van der Waals surface area contributed by atoms with Gasteiger partial charge in [-0.15, -0.1) is 0 Å². The SMILES string of the molecule is CCNC(=O)C(C)Nc1nc2cccc(Cl)c2s1. The van der Waals surface area contributed by atoms with Gasteiger partial charge in [0.2, 0.25) is 5.91 Å². The summed E-state index contributed by atoms with van der Waals surface area (Å²) in [5.74, 6) is -0.0390. The fourth-order valence-corrected chi connectivity index (χ4v) is 2.80. The van der Waals surface area contributed by atoms with E-state index in [9.17, 15) is 4.79 Å². The van der Waals surface area contributed by atoms with Gasteiger partial charge < -0.3 is 10.6 Å². The smallest absolute Gasteiger partial charge is 0.242 e. The lowest BCUT2D eigenvalue weighted by atomic mass is 10.3. The van der Waals surface area contributed by atoms with Gasteiger partial charge in [0.15, 0.2) is 5.13 Å². The van der Waals surface area contributed by atoms with Crippen LogP contribution in [0.15, 0.2) is 18.2 Å². The summed E-state index contributed by atoms with van der Waals surface area (Å²) >= 11 is 7.54. The molecule has 1 heterocycles. The number of halogens is 1. The van der Waals surface area contributed by atoms with Crippen LogP contribution in [0, 0.1) is 0 Å². The Labute approximate surface area is 114 Å². The maximum absolute atomic E-state index is 11.6. The van der Waals surface area contributed by atoms with Crippen LogP contribution in [0.1, 0.15) is 13.8 Å². The van der Waals surface area contributed by atoms with Crippen molar-refractivity contribution in [2.24, 2.45) is 0 Å². The number of rotatable bonds is 4. The lowest BCUT2D eigenvalue weighted by Crippen LogP contribution is -2.37. The van der Waals surface area contributed by atoms with Crippen molar-refractivity contribution in [3.63, 3.8) is 0 Å². The molecule has 0 saturated carbocycles. The highest BCUT2D eigenvalue weighted by atomic mass is 35.5. The van der Waals surface area contributed by atoms with Gasteiger partial charge in [0.25, 0.3) is 0 Å². The predicted molar refractivity (Wildman–Crippen MR) is 76.4 cm³/mol. The Morgan fingerprint density at radius 3 is 3.00 bits per heavy atom. The molecule has 2 rings (SSSR count). The summed E-state index contributed by atoms with van der Waals surface area (Å²) in [6.07, 6.45) is 0. The molecule has 0 aliphatic carbocycles. The van der Waals surface area contributed by atoms with Crippen LogP contribution in [0.4, 0.5) is 5.13 Å². The van der Waals surface area contributed by atoms with E-state index in [2.05, 4.69) is 15.6 Å². The van der Waals surface area contributed by atoms with Crippen molar-refractivity contribution in [3.8, 4) is 0 Å². The summed E-state index contributed by atoms with van der Waals surface area (Å²) in [5, 5.41) is 7.23. The van der Waals surface area contributed by atoms with Crippen molar-refractivity contribution < 1.29 is 4.79 Å². The van der Waals surface area contributed by atoms with Crippen LogP contribution in [-0.4, -0.2) is 23.5 Å². The van der Waals surface area contributed by atoms with Gasteiger partial charge in [0, 0.05) is 6.54 Å². The zero-order valence-corrected chi connectivity index (χ0v) is 11.7. The molecule has 96 valence electrons. The lowest BCUT2D eigenvalue weighted by molar-refractivity contribution is -0.121. The van der Waals surface area contributed by atoms with Crippen molar-refractivity contribution in [2.45, 2.75) is 19.9 Å². The third kappa shape index (κ3) is 2.73. The van der Waals surface area contributed by atoms with Crippen molar-refractivity contribution in [1.82, 2.24) is 10.3 Å². The standard InChI is InChI=1S/C12H14ClN3OS/c1-3-14-11(17)7(2)15-12-16-9-6-4-5-8(13)10(9)18-12/h4-7H,3H2,1-2H3,(H,14,17)(H,15,16). The van der Waals surface area contributed by atoms with E-state index in [4.69, 9.17) is 11.6 Å². The number of likely N-dealkylation sites (N-methyl/N-ethyl adjacent to an activating group) is 1. The Kier molecular flexibility index (Phi) is 4.04. The number of benzene rings is 1. The van der Waals surface area contributed by atoms with Crippen LogP contribution in [0.2, 0.25) is 5.02 Å². The molecule has 2 aromatic rings. The topological polar surface area (TPSA) is 54.0 Å². The second-order valence-corrected chi connectivity index (χ2v) is 5.27. The molecular formula is C12H14ClN3OS. The normalized spacial score (nSPS) is 12.4. The molecule has 1 atom stereocenters. The van der Waals surface area contributed by atoms with Crippen molar-refractivity contribution in [3.05, 3.63) is 23.2 Å². The third-order valence-corrected chi connectivity index (χ3v) is 3.91. The summed E-state index contributed by atoms with van der Waals surface area (Å²) in [7, 11) is 0. The molecule has 18 heavy (non-hydrogen) atoms. The number of hydrogen-bond acceptors (Lipinski definition) is 4. The zero-order chi connectivity index (χ0) is 13.1. The summed E-state index contributed by atoms with van der Waals surface area (Å²) in [4.78, 5) is 16.0. The molecule has 1 aromatic heterocycles. The first-order chi connectivity index (χ1) is 8.61. The first-order valence-corrected chi connectivity index (χ1v) is 6.90. The summed E-state index contributed by atoms with van der Waals surface area (Å²) in [6.45, 7) is 4.32. The predicted octanol–water partition coefficient (Wildman–Crippen LogP) is 2.89. The Hall–Kier alpha value is -1.33. The first-order valence-electron chi connectivity index (χ1n) is 5.71. The molecule has 0 spiro atoms. The fourth-order valence-electron chi connectivity index (χ4n) is 1.56. The summed E-state index contributed by atoms with van der Waals surface area (Å²) in [5.41, 5.74) is 0.845. The highest BCUT2D eigenvalue weighted by molar-refractivity contribution is 7.22. The summed E-state index contributed by atoms with van der Waals surface area (Å²) in [6, 6.07) is 5.28. The van der Waals surface area contributed by atoms with Gasteiger partial charge in [-0.1, -0.05) is 29.0 Å². The van der Waals surface area contributed by atoms with E-state index in [1.165, 1.54) is 11.3 Å². The number of nitrogens with zero attached hydrogens (tertiary/aromatic N) is 1. The van der Waals surface area contributed by atoms with Crippen LogP contribution >= 0.6 is 22.9 Å². The molecule has 0 radical (unpaired) electrons. The average Bonchev–Trinajstić information content (AvgIpc) is 2.73. The van der Waals surface area contributed by atoms with E-state index >= 15 is 0 Å². The Balaban J connectivity index is 2.17. The van der Waals surface area contributed by atoms with Crippen LogP contribution in [0.5, 0.6) is 0 Å². The Bertz CT molecular complexity index is 569. The Morgan fingerprint density at radius 1 is 1.56 bits per heavy atom. The van der Waals surface area contributed by atoms with E-state index in [1.54, 1.807) is 6.92 Å². The van der Waals surface area contributed by atoms with Crippen LogP contribution < -0.4 is 10.6 Å². The second kappa shape index (κ2) is 5.54. The molecule has 6 heteroatoms. The van der Waals surface area contributed by atoms with Crippen LogP contribution in [0.3, 0.4) is 0 Å². The summed E-state index contributed by atoms with van der Waals surface area (Å²) < 4.78 is 0.935. The number of thiazole rings is 1. The highest BCUT2D eigenvalue weighted by Gasteiger charge is 2.14. The van der Waals surface area contributed by atoms with Gasteiger partial charge in [-0.05, 0) is 26.0 Å². The molecule has 1 amide bonds. The van der Waals surface area contributed by atoms with Crippen LogP contribution in [0.25, 0.3) is 10.2 Å². The van der Waals surface area contributed by atoms with E-state index in [1.807, 2.05) is 25.1 Å². The third-order valence-electron chi connectivity index (χ3n) is 2.45. The molecular weight excluding hydrogens is 270 g/mol. The van der Waals surface area contributed by atoms with Crippen molar-refractivity contribution in [1.29, 1.82) is 0 Å². The van der Waals surface area contributed by atoms with E-state index < -0.39 is 0 Å². The van der Waals surface area contributed by atoms with Crippen molar-refractivity contribution >= 4 is 44.2 Å². The van der Waals surface area contributed by atoms with E-state index in [-0.39, 0.29) is 11.9 Å². The fraction of sp³-hybridized carbons (Fsp3) is 0.333. The van der Waals surface area contributed by atoms with Gasteiger partial charge in [0.1, 0.15) is 6.04 Å². The number of aromatic nitrogens is 1. The van der Waals surface area contributed by atoms with E-state index in [0.717, 1.165) is 10.2 Å². The second-order valence-electron chi connectivity index (χ2n) is 3.87. The number of carbonyl (C=O) groups excluding carboxylic acids is 1. The zero-order valence-electron chi connectivity index (χ0n) is 10.2. The molecule has 4 nitrogen and oxygen atoms in total. The minimum absolute atomic E-state index is 0.0390. The van der Waals surface area contributed by atoms with Crippen molar-refractivity contribution in [2.75, 3.05) is 11.9 Å². The molecule has 0 aliphatic rings. The molecule has 0 aliphatic heterocycles. The molecule has 0 saturated heterocycles. The van der Waals surface area contributed by atoms with Gasteiger partial charge in [-0.25, -0.2) is 4.98 Å². The molecule has 0 bridgehead atoms. The molecule has 1 unspecified atom stereocenters. The maximum Gasteiger partial charge on any atom is 0.242 e. The number of anilines is 1. The number of carbonyl (C=O) groups is 1. The number of amides is 1. The number of hydrogen-bond donors (Lipinski definition) is 2. The quantitative estimate of drug-likeness (QED) is 0.907. The van der Waals surface area contributed by atoms with Crippen LogP contribution in [-0.2, 0) is 4.79 Å². The average molecular weight is 284 g/mol. The lowest BCUT2D eigenvalue weighted by Gasteiger charge is -2.11. The maximum atomic E-state index is 11.6. The largest absolute Gasteiger partial charge is 0.355 e. The van der Waals surface area contributed by atoms with Gasteiger partial charge >= 0.3 is 0 Å². The van der Waals surface area contributed by atoms with Gasteiger partial charge in [-0.3, -0.25) is 4.79 Å². The first kappa shape index (κ1) is 13.1. The molecule has 1 aromatic carbocycles. The minimum atomic E-state index is -0.315. The van der Waals surface area contributed by atoms with Gasteiger partial charge in [-0.2, -0.15) is 0 Å². The number of fused-ring (bicyclic) bond motifs is 1. The number of nitrogens with one attached hydrogen (secondary N) is 2. The Morgan fingerprint density at radius 2 is 2.33 bits per heavy atom. The molecule has 0 fully saturated rings. The monoisotopic (exact) mass is 283 g/mol.